The first-order valence-electron chi connectivity index (χ1n) is 9.26. The summed E-state index contributed by atoms with van der Waals surface area (Å²) in [7, 11) is 1.63. The molecule has 8 heteroatoms. The highest BCUT2D eigenvalue weighted by molar-refractivity contribution is 7.99. The Balaban J connectivity index is 1.56. The van der Waals surface area contributed by atoms with E-state index < -0.39 is 0 Å². The van der Waals surface area contributed by atoms with Crippen LogP contribution in [0.25, 0.3) is 17.1 Å². The van der Waals surface area contributed by atoms with Crippen LogP contribution in [0, 0.1) is 5.82 Å². The van der Waals surface area contributed by atoms with E-state index in [9.17, 15) is 4.39 Å². The molecule has 2 aromatic carbocycles. The van der Waals surface area contributed by atoms with Crippen molar-refractivity contribution in [3.05, 3.63) is 78.9 Å². The highest BCUT2D eigenvalue weighted by Gasteiger charge is 2.16. The van der Waals surface area contributed by atoms with Gasteiger partial charge in [-0.2, -0.15) is 0 Å². The van der Waals surface area contributed by atoms with Gasteiger partial charge in [-0.25, -0.2) is 4.39 Å². The van der Waals surface area contributed by atoms with Gasteiger partial charge in [0.05, 0.1) is 13.7 Å². The van der Waals surface area contributed by atoms with Gasteiger partial charge in [-0.15, -0.1) is 10.2 Å². The molecule has 0 atom stereocenters. The molecule has 0 aliphatic rings. The zero-order valence-corrected chi connectivity index (χ0v) is 17.1. The number of rotatable bonds is 8. The van der Waals surface area contributed by atoms with Crippen molar-refractivity contribution in [3.63, 3.8) is 0 Å². The third kappa shape index (κ3) is 4.44. The number of hydrogen-bond acceptors (Lipinski definition) is 6. The molecule has 0 aliphatic carbocycles. The van der Waals surface area contributed by atoms with Gasteiger partial charge in [0.15, 0.2) is 22.5 Å². The first kappa shape index (κ1) is 19.9. The number of pyridine rings is 1. The lowest BCUT2D eigenvalue weighted by Crippen LogP contribution is -2.04. The fourth-order valence-corrected chi connectivity index (χ4v) is 3.63. The Morgan fingerprint density at radius 3 is 2.47 bits per heavy atom. The van der Waals surface area contributed by atoms with Gasteiger partial charge in [0.2, 0.25) is 0 Å². The molecule has 2 heterocycles. The molecule has 0 N–H and O–H groups in total. The van der Waals surface area contributed by atoms with Crippen molar-refractivity contribution in [2.45, 2.75) is 5.16 Å². The Kier molecular flexibility index (Phi) is 6.24. The van der Waals surface area contributed by atoms with Crippen LogP contribution in [0.2, 0.25) is 0 Å². The average molecular weight is 422 g/mol. The summed E-state index contributed by atoms with van der Waals surface area (Å²) in [6.07, 6.45) is 3.44. The van der Waals surface area contributed by atoms with E-state index in [0.717, 1.165) is 17.0 Å². The lowest BCUT2D eigenvalue weighted by Gasteiger charge is -2.11. The maximum absolute atomic E-state index is 13.7. The van der Waals surface area contributed by atoms with Gasteiger partial charge in [-0.05, 0) is 48.5 Å². The van der Waals surface area contributed by atoms with E-state index in [0.29, 0.717) is 23.3 Å². The van der Waals surface area contributed by atoms with E-state index in [4.69, 9.17) is 9.47 Å². The summed E-state index contributed by atoms with van der Waals surface area (Å²) >= 11 is 1.49. The van der Waals surface area contributed by atoms with Gasteiger partial charge in [-0.3, -0.25) is 9.55 Å². The molecule has 4 aromatic rings. The zero-order valence-electron chi connectivity index (χ0n) is 16.2. The Morgan fingerprint density at radius 2 is 1.73 bits per heavy atom. The van der Waals surface area contributed by atoms with Gasteiger partial charge < -0.3 is 9.47 Å². The van der Waals surface area contributed by atoms with Crippen molar-refractivity contribution in [1.82, 2.24) is 19.7 Å². The van der Waals surface area contributed by atoms with Crippen LogP contribution in [0.5, 0.6) is 11.5 Å². The van der Waals surface area contributed by atoms with Crippen molar-refractivity contribution >= 4 is 11.8 Å². The van der Waals surface area contributed by atoms with Crippen molar-refractivity contribution in [1.29, 1.82) is 0 Å². The standard InChI is InChI=1S/C22H19FN4O2S/c1-28-18-8-6-17(7-9-18)27-21(16-10-12-24-13-11-16)25-26-22(27)30-15-14-29-20-5-3-2-4-19(20)23/h2-13H,14-15H2,1H3. The molecule has 0 spiro atoms. The molecule has 4 rings (SSSR count). The second kappa shape index (κ2) is 9.41. The van der Waals surface area contributed by atoms with Crippen LogP contribution in [0.1, 0.15) is 0 Å². The molecule has 0 unspecified atom stereocenters. The van der Waals surface area contributed by atoms with Crippen molar-refractivity contribution < 1.29 is 13.9 Å². The third-order valence-corrected chi connectivity index (χ3v) is 5.20. The number of thioether (sulfide) groups is 1. The Bertz CT molecular complexity index is 1100. The highest BCUT2D eigenvalue weighted by atomic mass is 32.2. The minimum absolute atomic E-state index is 0.243. The van der Waals surface area contributed by atoms with E-state index in [2.05, 4.69) is 15.2 Å². The first-order valence-corrected chi connectivity index (χ1v) is 10.2. The monoisotopic (exact) mass is 422 g/mol. The lowest BCUT2D eigenvalue weighted by molar-refractivity contribution is 0.325. The van der Waals surface area contributed by atoms with Crippen LogP contribution in [-0.4, -0.2) is 39.2 Å². The summed E-state index contributed by atoms with van der Waals surface area (Å²) in [6.45, 7) is 0.339. The number of hydrogen-bond donors (Lipinski definition) is 0. The number of benzene rings is 2. The maximum Gasteiger partial charge on any atom is 0.196 e. The summed E-state index contributed by atoms with van der Waals surface area (Å²) in [5, 5.41) is 9.47. The minimum atomic E-state index is -0.371. The molecule has 0 saturated heterocycles. The molecule has 30 heavy (non-hydrogen) atoms. The summed E-state index contributed by atoms with van der Waals surface area (Å²) < 4.78 is 26.5. The van der Waals surface area contributed by atoms with E-state index in [-0.39, 0.29) is 11.6 Å². The van der Waals surface area contributed by atoms with Crippen LogP contribution in [0.3, 0.4) is 0 Å². The Morgan fingerprint density at radius 1 is 0.967 bits per heavy atom. The number of ether oxygens (including phenoxy) is 2. The molecule has 0 fully saturated rings. The predicted molar refractivity (Wildman–Crippen MR) is 114 cm³/mol. The average Bonchev–Trinajstić information content (AvgIpc) is 3.22. The first-order chi connectivity index (χ1) is 14.8. The molecular weight excluding hydrogens is 403 g/mol. The van der Waals surface area contributed by atoms with Gasteiger partial charge in [0.25, 0.3) is 0 Å². The van der Waals surface area contributed by atoms with Crippen LogP contribution >= 0.6 is 11.8 Å². The number of methoxy groups -OCH3 is 1. The second-order valence-electron chi connectivity index (χ2n) is 6.20. The SMILES string of the molecule is COc1ccc(-n2c(SCCOc3ccccc3F)nnc2-c2ccncc2)cc1. The molecular formula is C22H19FN4O2S. The highest BCUT2D eigenvalue weighted by Crippen LogP contribution is 2.28. The van der Waals surface area contributed by atoms with E-state index >= 15 is 0 Å². The number of nitrogens with zero attached hydrogens (tertiary/aromatic N) is 4. The molecule has 2 aromatic heterocycles. The number of aromatic nitrogens is 4. The normalized spacial score (nSPS) is 10.7. The fraction of sp³-hybridized carbons (Fsp3) is 0.136. The van der Waals surface area contributed by atoms with Crippen LogP contribution in [-0.2, 0) is 0 Å². The molecule has 152 valence electrons. The van der Waals surface area contributed by atoms with Gasteiger partial charge in [0, 0.05) is 29.4 Å². The largest absolute Gasteiger partial charge is 0.497 e. The van der Waals surface area contributed by atoms with Gasteiger partial charge >= 0.3 is 0 Å². The summed E-state index contributed by atoms with van der Waals surface area (Å²) in [4.78, 5) is 4.07. The van der Waals surface area contributed by atoms with E-state index in [1.54, 1.807) is 37.7 Å². The Labute approximate surface area is 177 Å². The number of para-hydroxylation sites is 1. The second-order valence-corrected chi connectivity index (χ2v) is 7.26. The third-order valence-electron chi connectivity index (χ3n) is 4.31. The molecule has 0 aliphatic heterocycles. The van der Waals surface area contributed by atoms with E-state index in [1.807, 2.05) is 41.0 Å². The van der Waals surface area contributed by atoms with Crippen LogP contribution in [0.15, 0.2) is 78.2 Å². The maximum atomic E-state index is 13.7. The smallest absolute Gasteiger partial charge is 0.196 e. The van der Waals surface area contributed by atoms with Crippen LogP contribution in [0.4, 0.5) is 4.39 Å². The summed E-state index contributed by atoms with van der Waals surface area (Å²) in [5.41, 5.74) is 1.81. The zero-order chi connectivity index (χ0) is 20.8. The summed E-state index contributed by atoms with van der Waals surface area (Å²) in [5.74, 6) is 1.93. The van der Waals surface area contributed by atoms with Gasteiger partial charge in [0.1, 0.15) is 5.75 Å². The topological polar surface area (TPSA) is 62.1 Å². The molecule has 0 radical (unpaired) electrons. The quantitative estimate of drug-likeness (QED) is 0.304. The predicted octanol–water partition coefficient (Wildman–Crippen LogP) is 4.65. The molecule has 0 saturated carbocycles. The van der Waals surface area contributed by atoms with Gasteiger partial charge in [-0.1, -0.05) is 23.9 Å². The van der Waals surface area contributed by atoms with Crippen molar-refractivity contribution in [2.24, 2.45) is 0 Å². The number of halogens is 1. The molecule has 6 nitrogen and oxygen atoms in total. The lowest BCUT2D eigenvalue weighted by atomic mass is 10.2. The molecule has 0 amide bonds. The summed E-state index contributed by atoms with van der Waals surface area (Å²) in [6, 6.07) is 17.8. The van der Waals surface area contributed by atoms with Crippen LogP contribution < -0.4 is 9.47 Å². The molecule has 0 bridgehead atoms. The van der Waals surface area contributed by atoms with Crippen molar-refractivity contribution in [2.75, 3.05) is 19.5 Å². The van der Waals surface area contributed by atoms with E-state index in [1.165, 1.54) is 17.8 Å². The minimum Gasteiger partial charge on any atom is -0.497 e. The Hall–Kier alpha value is -3.39. The van der Waals surface area contributed by atoms with Crippen molar-refractivity contribution in [3.8, 4) is 28.6 Å². The fourth-order valence-electron chi connectivity index (χ4n) is 2.86.